The molecule has 2 rings (SSSR count). The summed E-state index contributed by atoms with van der Waals surface area (Å²) in [7, 11) is 0. The Kier molecular flexibility index (Phi) is 2.44. The first kappa shape index (κ1) is 10.4. The van der Waals surface area contributed by atoms with Gasteiger partial charge in [0.05, 0.1) is 4.92 Å². The van der Waals surface area contributed by atoms with Crippen molar-refractivity contribution in [2.75, 3.05) is 0 Å². The van der Waals surface area contributed by atoms with E-state index < -0.39 is 4.92 Å². The highest BCUT2D eigenvalue weighted by molar-refractivity contribution is 5.88. The van der Waals surface area contributed by atoms with Crippen molar-refractivity contribution in [1.29, 1.82) is 0 Å². The molecule has 0 unspecified atom stereocenters. The highest BCUT2D eigenvalue weighted by Crippen LogP contribution is 2.21. The van der Waals surface area contributed by atoms with Gasteiger partial charge in [0.2, 0.25) is 5.70 Å². The minimum Gasteiger partial charge on any atom is -0.361 e. The molecule has 0 fully saturated rings. The molecule has 0 aliphatic rings. The Hall–Kier alpha value is -2.17. The second kappa shape index (κ2) is 3.77. The van der Waals surface area contributed by atoms with Crippen molar-refractivity contribution in [3.8, 4) is 0 Å². The molecule has 1 heterocycles. The molecule has 0 aliphatic carbocycles. The van der Waals surface area contributed by atoms with Gasteiger partial charge in [0.15, 0.2) is 0 Å². The molecule has 0 amide bonds. The van der Waals surface area contributed by atoms with Gasteiger partial charge < -0.3 is 4.98 Å². The van der Waals surface area contributed by atoms with E-state index in [1.165, 1.54) is 25.1 Å². The fourth-order valence-corrected chi connectivity index (χ4v) is 1.51. The van der Waals surface area contributed by atoms with Crippen LogP contribution in [-0.4, -0.2) is 9.91 Å². The van der Waals surface area contributed by atoms with E-state index in [-0.39, 0.29) is 11.5 Å². The summed E-state index contributed by atoms with van der Waals surface area (Å²) in [4.78, 5) is 12.9. The predicted molar refractivity (Wildman–Crippen MR) is 58.9 cm³/mol. The molecule has 0 bridgehead atoms. The Morgan fingerprint density at radius 2 is 2.31 bits per heavy atom. The van der Waals surface area contributed by atoms with E-state index in [0.717, 1.165) is 5.52 Å². The maximum Gasteiger partial charge on any atom is 0.243 e. The third kappa shape index (κ3) is 1.79. The quantitative estimate of drug-likeness (QED) is 0.624. The molecule has 16 heavy (non-hydrogen) atoms. The number of hydrogen-bond acceptors (Lipinski definition) is 2. The van der Waals surface area contributed by atoms with Crippen LogP contribution in [0.1, 0.15) is 12.5 Å². The minimum atomic E-state index is -0.474. The molecule has 0 spiro atoms. The average molecular weight is 220 g/mol. The Morgan fingerprint density at radius 1 is 1.56 bits per heavy atom. The highest BCUT2D eigenvalue weighted by Gasteiger charge is 2.07. The van der Waals surface area contributed by atoms with Gasteiger partial charge in [-0.2, -0.15) is 0 Å². The number of nitrogens with zero attached hydrogens (tertiary/aromatic N) is 1. The third-order valence-corrected chi connectivity index (χ3v) is 2.33. The lowest BCUT2D eigenvalue weighted by molar-refractivity contribution is -0.422. The molecular formula is C11H9FN2O2. The number of fused-ring (bicyclic) bond motifs is 1. The van der Waals surface area contributed by atoms with Crippen LogP contribution in [0, 0.1) is 15.9 Å². The summed E-state index contributed by atoms with van der Waals surface area (Å²) in [5.74, 6) is -0.361. The van der Waals surface area contributed by atoms with Gasteiger partial charge in [-0.15, -0.1) is 0 Å². The van der Waals surface area contributed by atoms with E-state index in [4.69, 9.17) is 0 Å². The highest BCUT2D eigenvalue weighted by atomic mass is 19.1. The molecule has 1 aromatic carbocycles. The topological polar surface area (TPSA) is 58.9 Å². The second-order valence-corrected chi connectivity index (χ2v) is 3.48. The van der Waals surface area contributed by atoms with Crippen LogP contribution in [0.4, 0.5) is 4.39 Å². The van der Waals surface area contributed by atoms with Crippen LogP contribution in [0.5, 0.6) is 0 Å². The number of nitrogens with one attached hydrogen (secondary N) is 1. The van der Waals surface area contributed by atoms with Gasteiger partial charge in [0.25, 0.3) is 0 Å². The van der Waals surface area contributed by atoms with Crippen molar-refractivity contribution >= 4 is 17.0 Å². The molecule has 0 saturated heterocycles. The maximum atomic E-state index is 13.0. The SMILES string of the molecule is C/C(=C\c1c[nH]c2ccc(F)cc12)[N+](=O)[O-]. The van der Waals surface area contributed by atoms with Crippen molar-refractivity contribution in [2.45, 2.75) is 6.92 Å². The van der Waals surface area contributed by atoms with Gasteiger partial charge in [-0.3, -0.25) is 10.1 Å². The molecular weight excluding hydrogens is 211 g/mol. The Labute approximate surface area is 90.5 Å². The van der Waals surface area contributed by atoms with E-state index in [1.54, 1.807) is 12.3 Å². The first-order valence-corrected chi connectivity index (χ1v) is 4.67. The number of allylic oxidation sites excluding steroid dienone is 1. The summed E-state index contributed by atoms with van der Waals surface area (Å²) < 4.78 is 13.0. The Bertz CT molecular complexity index is 587. The lowest BCUT2D eigenvalue weighted by atomic mass is 10.1. The smallest absolute Gasteiger partial charge is 0.243 e. The lowest BCUT2D eigenvalue weighted by Crippen LogP contribution is -1.92. The monoisotopic (exact) mass is 220 g/mol. The van der Waals surface area contributed by atoms with Crippen molar-refractivity contribution in [1.82, 2.24) is 4.98 Å². The summed E-state index contributed by atoms with van der Waals surface area (Å²) in [5.41, 5.74) is 1.39. The first-order valence-electron chi connectivity index (χ1n) is 4.67. The summed E-state index contributed by atoms with van der Waals surface area (Å²) in [6, 6.07) is 4.29. The fraction of sp³-hybridized carbons (Fsp3) is 0.0909. The van der Waals surface area contributed by atoms with E-state index in [1.807, 2.05) is 0 Å². The van der Waals surface area contributed by atoms with Crippen LogP contribution in [0.25, 0.3) is 17.0 Å². The Balaban J connectivity index is 2.57. The standard InChI is InChI=1S/C11H9FN2O2/c1-7(14(15)16)4-8-6-13-11-3-2-9(12)5-10(8)11/h2-6,13H,1H3/b7-4+. The number of nitro groups is 1. The molecule has 1 N–H and O–H groups in total. The van der Waals surface area contributed by atoms with Gasteiger partial charge in [-0.1, -0.05) is 0 Å². The van der Waals surface area contributed by atoms with Crippen LogP contribution in [0.15, 0.2) is 30.1 Å². The van der Waals surface area contributed by atoms with Gasteiger partial charge in [0, 0.05) is 35.7 Å². The molecule has 1 aromatic heterocycles. The Morgan fingerprint density at radius 3 is 3.00 bits per heavy atom. The normalized spacial score (nSPS) is 12.0. The molecule has 82 valence electrons. The molecule has 0 atom stereocenters. The lowest BCUT2D eigenvalue weighted by Gasteiger charge is -1.93. The van der Waals surface area contributed by atoms with Crippen molar-refractivity contribution < 1.29 is 9.31 Å². The molecule has 0 radical (unpaired) electrons. The molecule has 4 nitrogen and oxygen atoms in total. The largest absolute Gasteiger partial charge is 0.361 e. The summed E-state index contributed by atoms with van der Waals surface area (Å²) in [6.45, 7) is 1.40. The molecule has 5 heteroatoms. The van der Waals surface area contributed by atoms with Crippen molar-refractivity contribution in [3.05, 3.63) is 51.6 Å². The molecule has 0 saturated carbocycles. The fourth-order valence-electron chi connectivity index (χ4n) is 1.51. The molecule has 2 aromatic rings. The van der Waals surface area contributed by atoms with Gasteiger partial charge in [0.1, 0.15) is 5.82 Å². The minimum absolute atomic E-state index is 0.0187. The zero-order chi connectivity index (χ0) is 11.7. The summed E-state index contributed by atoms with van der Waals surface area (Å²) >= 11 is 0. The molecule has 0 aliphatic heterocycles. The van der Waals surface area contributed by atoms with E-state index >= 15 is 0 Å². The summed E-state index contributed by atoms with van der Waals surface area (Å²) in [6.07, 6.45) is 3.04. The predicted octanol–water partition coefficient (Wildman–Crippen LogP) is 2.94. The number of benzene rings is 1. The first-order chi connectivity index (χ1) is 7.58. The van der Waals surface area contributed by atoms with Crippen LogP contribution in [0.3, 0.4) is 0 Å². The van der Waals surface area contributed by atoms with Crippen LogP contribution < -0.4 is 0 Å². The van der Waals surface area contributed by atoms with Gasteiger partial charge in [-0.25, -0.2) is 4.39 Å². The number of halogens is 1. The average Bonchev–Trinajstić information content (AvgIpc) is 2.61. The van der Waals surface area contributed by atoms with E-state index in [9.17, 15) is 14.5 Å². The van der Waals surface area contributed by atoms with Crippen molar-refractivity contribution in [3.63, 3.8) is 0 Å². The number of H-pyrrole nitrogens is 1. The van der Waals surface area contributed by atoms with Crippen LogP contribution in [-0.2, 0) is 0 Å². The second-order valence-electron chi connectivity index (χ2n) is 3.48. The number of aromatic nitrogens is 1. The third-order valence-electron chi connectivity index (χ3n) is 2.33. The van der Waals surface area contributed by atoms with Crippen LogP contribution >= 0.6 is 0 Å². The van der Waals surface area contributed by atoms with Crippen molar-refractivity contribution in [2.24, 2.45) is 0 Å². The van der Waals surface area contributed by atoms with Crippen LogP contribution in [0.2, 0.25) is 0 Å². The van der Waals surface area contributed by atoms with Gasteiger partial charge >= 0.3 is 0 Å². The summed E-state index contributed by atoms with van der Waals surface area (Å²) in [5, 5.41) is 11.1. The zero-order valence-electron chi connectivity index (χ0n) is 8.53. The zero-order valence-corrected chi connectivity index (χ0v) is 8.53. The van der Waals surface area contributed by atoms with E-state index in [2.05, 4.69) is 4.98 Å². The number of hydrogen-bond donors (Lipinski definition) is 1. The van der Waals surface area contributed by atoms with E-state index in [0.29, 0.717) is 10.9 Å². The maximum absolute atomic E-state index is 13.0. The number of rotatable bonds is 2. The number of aromatic amines is 1. The van der Waals surface area contributed by atoms with Gasteiger partial charge in [-0.05, 0) is 18.2 Å².